The van der Waals surface area contributed by atoms with Crippen LogP contribution in [0.15, 0.2) is 358 Å². The number of anilines is 6. The monoisotopic (exact) mass is 1510 g/mol. The Morgan fingerprint density at radius 3 is 0.846 bits per heavy atom. The molecule has 0 saturated heterocycles. The Hall–Kier alpha value is -13.2. The van der Waals surface area contributed by atoms with Gasteiger partial charge in [-0.3, -0.25) is 0 Å². The van der Waals surface area contributed by atoms with Crippen LogP contribution in [0.2, 0.25) is 0 Å². The van der Waals surface area contributed by atoms with Crippen LogP contribution in [0.5, 0.6) is 0 Å². The van der Waals surface area contributed by atoms with Crippen molar-refractivity contribution in [2.45, 2.75) is 105 Å². The highest BCUT2D eigenvalue weighted by atomic mass is 15.2. The molecular formula is C112H95BN4. The summed E-state index contributed by atoms with van der Waals surface area (Å²) in [6.07, 6.45) is 0. The fourth-order valence-electron chi connectivity index (χ4n) is 18.9. The van der Waals surface area contributed by atoms with Gasteiger partial charge >= 0.3 is 0 Å². The Bertz CT molecular complexity index is 6370. The fourth-order valence-corrected chi connectivity index (χ4v) is 18.9. The van der Waals surface area contributed by atoms with E-state index in [0.29, 0.717) is 0 Å². The number of fused-ring (bicyclic) bond motifs is 10. The molecule has 2 aliphatic rings. The van der Waals surface area contributed by atoms with E-state index >= 15 is 0 Å². The molecule has 5 heteroatoms. The molecule has 0 spiro atoms. The van der Waals surface area contributed by atoms with Crippen LogP contribution in [0.25, 0.3) is 133 Å². The van der Waals surface area contributed by atoms with Crippen LogP contribution in [-0.4, -0.2) is 15.8 Å². The first kappa shape index (κ1) is 72.7. The van der Waals surface area contributed by atoms with Crippen molar-refractivity contribution in [2.75, 3.05) is 9.80 Å². The number of benzene rings is 16. The summed E-state index contributed by atoms with van der Waals surface area (Å²) in [6.45, 7) is 27.5. The quantitative estimate of drug-likeness (QED) is 0.120. The van der Waals surface area contributed by atoms with Crippen LogP contribution in [0.4, 0.5) is 34.1 Å². The summed E-state index contributed by atoms with van der Waals surface area (Å²) in [5.74, 6) is 0. The van der Waals surface area contributed by atoms with Gasteiger partial charge in [-0.05, 0) is 189 Å². The highest BCUT2D eigenvalue weighted by Gasteiger charge is 2.46. The van der Waals surface area contributed by atoms with Gasteiger partial charge in [0, 0.05) is 77.9 Å². The third-order valence-electron chi connectivity index (χ3n) is 25.0. The van der Waals surface area contributed by atoms with Crippen molar-refractivity contribution in [3.05, 3.63) is 380 Å². The van der Waals surface area contributed by atoms with Crippen molar-refractivity contribution >= 4 is 101 Å². The van der Waals surface area contributed by atoms with E-state index in [2.05, 4.69) is 460 Å². The standard InChI is InChI=1S/C112H95BN4/c1-109(2,3)80-58-48-73(49-59-80)88-40-26-41-89(74-50-60-81(61-51-74)110(4,5)6)107(88)116-98-66-56-77(86-38-28-46-100-104(86)92-36-22-24-44-96(92)114(100)84-32-18-14-19-33-84)68-94(98)113-95-69-78(87-39-29-47-101-105(87)93-37-23-25-45-97(93)115(101)85-34-20-15-21-35-85)57-67-99(95)117(103-71-79(70-102(116)106(103)113)72-30-16-13-17-31-72)108-90(75-52-62-82(63-53-75)111(7,8)9)42-27-43-91(108)76-54-64-83(65-55-76)112(10,11)12/h13-71H,1-12H3. The van der Waals surface area contributed by atoms with Crippen molar-refractivity contribution < 1.29 is 0 Å². The predicted octanol–water partition coefficient (Wildman–Crippen LogP) is 28.8. The summed E-state index contributed by atoms with van der Waals surface area (Å²) in [6, 6.07) is 137. The van der Waals surface area contributed by atoms with E-state index in [1.54, 1.807) is 0 Å². The van der Waals surface area contributed by atoms with Gasteiger partial charge in [0.25, 0.3) is 6.71 Å². The van der Waals surface area contributed by atoms with Crippen LogP contribution in [0.3, 0.4) is 0 Å². The average molecular weight is 1510 g/mol. The second-order valence-electron chi connectivity index (χ2n) is 36.4. The summed E-state index contributed by atoms with van der Waals surface area (Å²) in [4.78, 5) is 5.44. The number of hydrogen-bond donors (Lipinski definition) is 0. The Balaban J connectivity index is 0.957. The maximum absolute atomic E-state index is 2.72. The lowest BCUT2D eigenvalue weighted by molar-refractivity contribution is 0.590. The third-order valence-corrected chi connectivity index (χ3v) is 25.0. The largest absolute Gasteiger partial charge is 0.310 e. The normalized spacial score (nSPS) is 12.9. The SMILES string of the molecule is CC(C)(C)c1ccc(-c2cccc(-c3ccc(C(C)(C)C)cc3)c2N2c3ccc(-c4cccc5c4c4ccccc4n5-c4ccccc4)cc3B3c4cc(-c5cccc6c5c5ccccc5n6-c5ccccc5)ccc4N(c4c(-c5ccc(C(C)(C)C)cc5)cccc4-c4ccc(C(C)(C)C)cc4)c4cc(-c5ccccc5)cc2c43)cc1. The molecule has 117 heavy (non-hydrogen) atoms. The molecule has 0 saturated carbocycles. The van der Waals surface area contributed by atoms with Gasteiger partial charge in [-0.25, -0.2) is 0 Å². The molecule has 4 heterocycles. The van der Waals surface area contributed by atoms with Gasteiger partial charge in [-0.1, -0.05) is 368 Å². The van der Waals surface area contributed by atoms with Crippen LogP contribution in [0.1, 0.15) is 105 Å². The lowest BCUT2D eigenvalue weighted by Crippen LogP contribution is -2.61. The van der Waals surface area contributed by atoms with Crippen molar-refractivity contribution in [3.63, 3.8) is 0 Å². The zero-order chi connectivity index (χ0) is 80.0. The molecule has 566 valence electrons. The van der Waals surface area contributed by atoms with Crippen LogP contribution in [0, 0.1) is 0 Å². The molecule has 0 fully saturated rings. The number of nitrogens with zero attached hydrogens (tertiary/aromatic N) is 4. The van der Waals surface area contributed by atoms with E-state index < -0.39 is 0 Å². The Morgan fingerprint density at radius 2 is 0.504 bits per heavy atom. The first-order valence-corrected chi connectivity index (χ1v) is 41.6. The van der Waals surface area contributed by atoms with Crippen molar-refractivity contribution in [3.8, 4) is 89.3 Å². The molecule has 18 aromatic rings. The molecule has 2 aliphatic heterocycles. The fraction of sp³-hybridized carbons (Fsp3) is 0.143. The van der Waals surface area contributed by atoms with Crippen LogP contribution in [-0.2, 0) is 21.7 Å². The van der Waals surface area contributed by atoms with Gasteiger partial charge < -0.3 is 18.9 Å². The maximum Gasteiger partial charge on any atom is 0.252 e. The Morgan fingerprint density at radius 1 is 0.214 bits per heavy atom. The highest BCUT2D eigenvalue weighted by Crippen LogP contribution is 2.56. The van der Waals surface area contributed by atoms with Crippen LogP contribution >= 0.6 is 0 Å². The van der Waals surface area contributed by atoms with Crippen molar-refractivity contribution in [1.29, 1.82) is 0 Å². The molecule has 0 N–H and O–H groups in total. The molecular weight excluding hydrogens is 1410 g/mol. The average Bonchev–Trinajstić information content (AvgIpc) is 1.27. The Kier molecular flexibility index (Phi) is 17.3. The first-order valence-electron chi connectivity index (χ1n) is 41.6. The van der Waals surface area contributed by atoms with Gasteiger partial charge in [-0.2, -0.15) is 0 Å². The van der Waals surface area contributed by atoms with Crippen molar-refractivity contribution in [1.82, 2.24) is 9.13 Å². The molecule has 0 bridgehead atoms. The summed E-state index contributed by atoms with van der Waals surface area (Å²) in [5.41, 5.74) is 38.2. The second kappa shape index (κ2) is 27.8. The zero-order valence-corrected chi connectivity index (χ0v) is 68.9. The van der Waals surface area contributed by atoms with Gasteiger partial charge in [-0.15, -0.1) is 0 Å². The van der Waals surface area contributed by atoms with Gasteiger partial charge in [0.15, 0.2) is 0 Å². The van der Waals surface area contributed by atoms with Crippen LogP contribution < -0.4 is 26.2 Å². The maximum atomic E-state index is 2.72. The molecule has 0 aliphatic carbocycles. The van der Waals surface area contributed by atoms with E-state index in [4.69, 9.17) is 0 Å². The lowest BCUT2D eigenvalue weighted by atomic mass is 9.33. The minimum Gasteiger partial charge on any atom is -0.310 e. The minimum atomic E-state index is -0.340. The lowest BCUT2D eigenvalue weighted by Gasteiger charge is -2.46. The minimum absolute atomic E-state index is 0.0614. The van der Waals surface area contributed by atoms with E-state index in [9.17, 15) is 0 Å². The summed E-state index contributed by atoms with van der Waals surface area (Å²) < 4.78 is 4.91. The van der Waals surface area contributed by atoms with Gasteiger partial charge in [0.1, 0.15) is 0 Å². The molecule has 16 aromatic carbocycles. The number of rotatable bonds is 11. The van der Waals surface area contributed by atoms with E-state index in [1.165, 1.54) is 82.3 Å². The molecule has 0 atom stereocenters. The van der Waals surface area contributed by atoms with E-state index in [1.807, 2.05) is 0 Å². The number of hydrogen-bond acceptors (Lipinski definition) is 2. The molecule has 0 amide bonds. The van der Waals surface area contributed by atoms with Gasteiger partial charge in [0.05, 0.1) is 33.4 Å². The molecule has 20 rings (SSSR count). The smallest absolute Gasteiger partial charge is 0.252 e. The van der Waals surface area contributed by atoms with Gasteiger partial charge in [0.2, 0.25) is 0 Å². The summed E-state index contributed by atoms with van der Waals surface area (Å²) >= 11 is 0. The van der Waals surface area contributed by atoms with E-state index in [-0.39, 0.29) is 28.4 Å². The molecule has 2 aromatic heterocycles. The Labute approximate surface area is 689 Å². The summed E-state index contributed by atoms with van der Waals surface area (Å²) in [7, 11) is 0. The molecule has 0 unspecified atom stereocenters. The number of aromatic nitrogens is 2. The third kappa shape index (κ3) is 12.3. The topological polar surface area (TPSA) is 16.3 Å². The summed E-state index contributed by atoms with van der Waals surface area (Å²) in [5, 5.41) is 4.86. The van der Waals surface area contributed by atoms with E-state index in [0.717, 1.165) is 123 Å². The highest BCUT2D eigenvalue weighted by molar-refractivity contribution is 7.00. The first-order chi connectivity index (χ1) is 56.6. The predicted molar refractivity (Wildman–Crippen MR) is 502 cm³/mol. The molecule has 4 nitrogen and oxygen atoms in total. The molecule has 0 radical (unpaired) electrons. The number of para-hydroxylation sites is 6. The second-order valence-corrected chi connectivity index (χ2v) is 36.4. The van der Waals surface area contributed by atoms with Crippen molar-refractivity contribution in [2.24, 2.45) is 0 Å². The zero-order valence-electron chi connectivity index (χ0n) is 68.9.